The molecule has 0 bridgehead atoms. The molecule has 0 amide bonds. The Labute approximate surface area is 105 Å². The molecule has 0 aromatic carbocycles. The predicted molar refractivity (Wildman–Crippen MR) is 69.6 cm³/mol. The molecule has 0 radical (unpaired) electrons. The summed E-state index contributed by atoms with van der Waals surface area (Å²) in [4.78, 5) is 11.9. The molecule has 0 aromatic rings. The van der Waals surface area contributed by atoms with Crippen LogP contribution in [0.1, 0.15) is 59.8 Å². The summed E-state index contributed by atoms with van der Waals surface area (Å²) < 4.78 is 5.34. The number of carbonyl (C=O) groups is 1. The van der Waals surface area contributed by atoms with Crippen molar-refractivity contribution in [1.82, 2.24) is 0 Å². The van der Waals surface area contributed by atoms with Crippen LogP contribution in [-0.2, 0) is 9.53 Å². The van der Waals surface area contributed by atoms with Gasteiger partial charge in [-0.05, 0) is 45.4 Å². The van der Waals surface area contributed by atoms with Crippen molar-refractivity contribution in [3.8, 4) is 0 Å². The normalized spacial score (nSPS) is 27.6. The van der Waals surface area contributed by atoms with Crippen LogP contribution in [0, 0.1) is 11.8 Å². The van der Waals surface area contributed by atoms with Crippen LogP contribution in [0.4, 0.5) is 0 Å². The van der Waals surface area contributed by atoms with Crippen LogP contribution < -0.4 is 5.73 Å². The highest BCUT2D eigenvalue weighted by Crippen LogP contribution is 2.32. The summed E-state index contributed by atoms with van der Waals surface area (Å²) in [6.45, 7) is 7.88. The van der Waals surface area contributed by atoms with Crippen molar-refractivity contribution in [2.75, 3.05) is 0 Å². The largest absolute Gasteiger partial charge is 0.459 e. The van der Waals surface area contributed by atoms with Crippen molar-refractivity contribution in [2.45, 2.75) is 71.4 Å². The fourth-order valence-corrected chi connectivity index (χ4v) is 2.52. The number of rotatable bonds is 3. The van der Waals surface area contributed by atoms with E-state index in [-0.39, 0.29) is 5.97 Å². The van der Waals surface area contributed by atoms with E-state index in [4.69, 9.17) is 10.5 Å². The van der Waals surface area contributed by atoms with Gasteiger partial charge in [-0.25, -0.2) is 0 Å². The quantitative estimate of drug-likeness (QED) is 0.773. The van der Waals surface area contributed by atoms with Crippen molar-refractivity contribution in [1.29, 1.82) is 0 Å². The third-order valence-electron chi connectivity index (χ3n) is 3.66. The summed E-state index contributed by atoms with van der Waals surface area (Å²) >= 11 is 0. The standard InChI is InChI=1S/C14H27NO2/c1-5-10-6-8-11(9-7-10)12(15)13(16)17-14(2,3)4/h10-12H,5-9,15H2,1-4H3. The second-order valence-corrected chi connectivity index (χ2v) is 6.25. The molecule has 0 spiro atoms. The van der Waals surface area contributed by atoms with Crippen LogP contribution in [0.3, 0.4) is 0 Å². The van der Waals surface area contributed by atoms with Crippen molar-refractivity contribution < 1.29 is 9.53 Å². The van der Waals surface area contributed by atoms with Gasteiger partial charge in [-0.2, -0.15) is 0 Å². The number of carbonyl (C=O) groups excluding carboxylic acids is 1. The van der Waals surface area contributed by atoms with Crippen LogP contribution in [0.5, 0.6) is 0 Å². The van der Waals surface area contributed by atoms with E-state index >= 15 is 0 Å². The predicted octanol–water partition coefficient (Wildman–Crippen LogP) is 2.87. The SMILES string of the molecule is CCC1CCC(C(N)C(=O)OC(C)(C)C)CC1. The topological polar surface area (TPSA) is 52.3 Å². The Morgan fingerprint density at radius 1 is 1.29 bits per heavy atom. The summed E-state index contributed by atoms with van der Waals surface area (Å²) in [5.41, 5.74) is 5.58. The average Bonchev–Trinajstić information content (AvgIpc) is 2.26. The molecule has 1 saturated carbocycles. The van der Waals surface area contributed by atoms with Crippen LogP contribution in [0.25, 0.3) is 0 Å². The first-order valence-corrected chi connectivity index (χ1v) is 6.82. The van der Waals surface area contributed by atoms with Gasteiger partial charge in [-0.15, -0.1) is 0 Å². The first-order chi connectivity index (χ1) is 7.83. The third-order valence-corrected chi connectivity index (χ3v) is 3.66. The summed E-state index contributed by atoms with van der Waals surface area (Å²) in [7, 11) is 0. The fourth-order valence-electron chi connectivity index (χ4n) is 2.52. The minimum absolute atomic E-state index is 0.238. The monoisotopic (exact) mass is 241 g/mol. The lowest BCUT2D eigenvalue weighted by Gasteiger charge is -2.32. The Balaban J connectivity index is 2.43. The van der Waals surface area contributed by atoms with E-state index in [1.54, 1.807) is 0 Å². The zero-order chi connectivity index (χ0) is 13.1. The Morgan fingerprint density at radius 2 is 1.82 bits per heavy atom. The Kier molecular flexibility index (Phi) is 4.99. The van der Waals surface area contributed by atoms with Crippen molar-refractivity contribution in [3.63, 3.8) is 0 Å². The molecular formula is C14H27NO2. The molecule has 1 aliphatic carbocycles. The van der Waals surface area contributed by atoms with Gasteiger partial charge in [0.1, 0.15) is 11.6 Å². The van der Waals surface area contributed by atoms with E-state index < -0.39 is 11.6 Å². The fraction of sp³-hybridized carbons (Fsp3) is 0.929. The molecule has 0 aromatic heterocycles. The molecule has 1 fully saturated rings. The highest BCUT2D eigenvalue weighted by atomic mass is 16.6. The van der Waals surface area contributed by atoms with Gasteiger partial charge in [0.05, 0.1) is 0 Å². The summed E-state index contributed by atoms with van der Waals surface area (Å²) in [5, 5.41) is 0. The molecule has 1 atom stereocenters. The Bertz CT molecular complexity index is 249. The van der Waals surface area contributed by atoms with E-state index in [0.29, 0.717) is 5.92 Å². The second kappa shape index (κ2) is 5.85. The molecule has 1 aliphatic rings. The van der Waals surface area contributed by atoms with E-state index in [9.17, 15) is 4.79 Å². The lowest BCUT2D eigenvalue weighted by atomic mass is 9.78. The zero-order valence-corrected chi connectivity index (χ0v) is 11.7. The number of ether oxygens (including phenoxy) is 1. The smallest absolute Gasteiger partial charge is 0.323 e. The molecule has 1 unspecified atom stereocenters. The van der Waals surface area contributed by atoms with Gasteiger partial charge < -0.3 is 10.5 Å². The average molecular weight is 241 g/mol. The van der Waals surface area contributed by atoms with Crippen LogP contribution in [-0.4, -0.2) is 17.6 Å². The highest BCUT2D eigenvalue weighted by molar-refractivity contribution is 5.76. The van der Waals surface area contributed by atoms with Crippen molar-refractivity contribution in [2.24, 2.45) is 17.6 Å². The van der Waals surface area contributed by atoms with Crippen molar-refractivity contribution in [3.05, 3.63) is 0 Å². The number of nitrogens with two attached hydrogens (primary N) is 1. The van der Waals surface area contributed by atoms with Gasteiger partial charge in [0.15, 0.2) is 0 Å². The highest BCUT2D eigenvalue weighted by Gasteiger charge is 2.31. The summed E-state index contributed by atoms with van der Waals surface area (Å²) in [6, 6.07) is -0.438. The van der Waals surface area contributed by atoms with E-state index in [1.807, 2.05) is 20.8 Å². The lowest BCUT2D eigenvalue weighted by Crippen LogP contribution is -2.43. The van der Waals surface area contributed by atoms with Crippen LogP contribution >= 0.6 is 0 Å². The van der Waals surface area contributed by atoms with E-state index in [2.05, 4.69) is 6.92 Å². The van der Waals surface area contributed by atoms with Gasteiger partial charge >= 0.3 is 5.97 Å². The molecule has 0 aliphatic heterocycles. The van der Waals surface area contributed by atoms with Gasteiger partial charge in [-0.3, -0.25) is 4.79 Å². The zero-order valence-electron chi connectivity index (χ0n) is 11.7. The minimum atomic E-state index is -0.438. The first-order valence-electron chi connectivity index (χ1n) is 6.82. The molecule has 2 N–H and O–H groups in total. The van der Waals surface area contributed by atoms with Gasteiger partial charge in [0.2, 0.25) is 0 Å². The molecule has 1 rings (SSSR count). The Morgan fingerprint density at radius 3 is 2.24 bits per heavy atom. The Hall–Kier alpha value is -0.570. The molecule has 0 saturated heterocycles. The molecular weight excluding hydrogens is 214 g/mol. The molecule has 17 heavy (non-hydrogen) atoms. The molecule has 0 heterocycles. The number of hydrogen-bond acceptors (Lipinski definition) is 3. The molecule has 3 heteroatoms. The maximum Gasteiger partial charge on any atom is 0.323 e. The lowest BCUT2D eigenvalue weighted by molar-refractivity contribution is -0.158. The molecule has 100 valence electrons. The van der Waals surface area contributed by atoms with Gasteiger partial charge in [0.25, 0.3) is 0 Å². The number of hydrogen-bond donors (Lipinski definition) is 1. The first kappa shape index (κ1) is 14.5. The maximum atomic E-state index is 11.9. The number of esters is 1. The maximum absolute atomic E-state index is 11.9. The van der Waals surface area contributed by atoms with Crippen LogP contribution in [0.15, 0.2) is 0 Å². The summed E-state index contributed by atoms with van der Waals surface area (Å²) in [5.74, 6) is 0.905. The summed E-state index contributed by atoms with van der Waals surface area (Å²) in [6.07, 6.45) is 5.79. The molecule has 3 nitrogen and oxygen atoms in total. The van der Waals surface area contributed by atoms with Gasteiger partial charge in [0, 0.05) is 0 Å². The van der Waals surface area contributed by atoms with E-state index in [1.165, 1.54) is 19.3 Å². The van der Waals surface area contributed by atoms with Gasteiger partial charge in [-0.1, -0.05) is 26.2 Å². The minimum Gasteiger partial charge on any atom is -0.459 e. The third kappa shape index (κ3) is 4.66. The van der Waals surface area contributed by atoms with Crippen molar-refractivity contribution >= 4 is 5.97 Å². The second-order valence-electron chi connectivity index (χ2n) is 6.25. The van der Waals surface area contributed by atoms with E-state index in [0.717, 1.165) is 18.8 Å². The van der Waals surface area contributed by atoms with Crippen LogP contribution in [0.2, 0.25) is 0 Å².